The lowest BCUT2D eigenvalue weighted by atomic mass is 10.1. The highest BCUT2D eigenvalue weighted by Crippen LogP contribution is 2.20. The number of thiazole rings is 1. The number of carbonyl (C=O) groups excluding carboxylic acids is 1. The summed E-state index contributed by atoms with van der Waals surface area (Å²) in [5, 5.41) is 0. The van der Waals surface area contributed by atoms with Crippen LogP contribution in [-0.2, 0) is 24.2 Å². The van der Waals surface area contributed by atoms with Crippen molar-refractivity contribution in [2.75, 3.05) is 18.6 Å². The maximum absolute atomic E-state index is 12.6. The zero-order valence-electron chi connectivity index (χ0n) is 16.6. The highest BCUT2D eigenvalue weighted by molar-refractivity contribution is 7.98. The van der Waals surface area contributed by atoms with E-state index < -0.39 is 0 Å². The van der Waals surface area contributed by atoms with Gasteiger partial charge in [-0.25, -0.2) is 0 Å². The maximum atomic E-state index is 12.6. The molecule has 0 aliphatic carbocycles. The Morgan fingerprint density at radius 2 is 1.89 bits per heavy atom. The number of nitrogens with zero attached hydrogens (tertiary/aromatic N) is 2. The Kier molecular flexibility index (Phi) is 7.34. The monoisotopic (exact) mass is 414 g/mol. The predicted molar refractivity (Wildman–Crippen MR) is 119 cm³/mol. The number of hydrogen-bond donors (Lipinski definition) is 0. The second-order valence-corrected chi connectivity index (χ2v) is 8.44. The van der Waals surface area contributed by atoms with E-state index in [1.54, 1.807) is 23.1 Å². The van der Waals surface area contributed by atoms with Crippen molar-refractivity contribution in [1.82, 2.24) is 4.57 Å². The van der Waals surface area contributed by atoms with Crippen molar-refractivity contribution in [1.29, 1.82) is 0 Å². The van der Waals surface area contributed by atoms with Gasteiger partial charge in [-0.2, -0.15) is 16.8 Å². The summed E-state index contributed by atoms with van der Waals surface area (Å²) in [5.74, 6) is 1.69. The zero-order chi connectivity index (χ0) is 19.9. The molecule has 0 spiro atoms. The third-order valence-corrected chi connectivity index (χ3v) is 6.12. The van der Waals surface area contributed by atoms with Gasteiger partial charge in [0.15, 0.2) is 4.80 Å². The van der Waals surface area contributed by atoms with Crippen LogP contribution in [0, 0.1) is 0 Å². The molecule has 0 N–H and O–H groups in total. The molecule has 0 aliphatic rings. The van der Waals surface area contributed by atoms with Gasteiger partial charge in [-0.3, -0.25) is 4.79 Å². The van der Waals surface area contributed by atoms with Crippen molar-refractivity contribution in [2.24, 2.45) is 4.99 Å². The first-order valence-corrected chi connectivity index (χ1v) is 11.8. The average Bonchev–Trinajstić information content (AvgIpc) is 3.03. The standard InChI is InChI=1S/C22H26N2O2S2/c1-4-16-8-11-19-20(14-16)28-22(24(19)12-13-27-3)23-21(25)15-17-6-9-18(10-7-17)26-5-2/h6-11,14H,4-5,12-13,15H2,1-3H3. The summed E-state index contributed by atoms with van der Waals surface area (Å²) in [6, 6.07) is 14.2. The first kappa shape index (κ1) is 20.7. The van der Waals surface area contributed by atoms with Crippen molar-refractivity contribution >= 4 is 39.2 Å². The molecular formula is C22H26N2O2S2. The van der Waals surface area contributed by atoms with Crippen molar-refractivity contribution in [2.45, 2.75) is 33.2 Å². The maximum Gasteiger partial charge on any atom is 0.252 e. The number of aromatic nitrogens is 1. The quantitative estimate of drug-likeness (QED) is 0.537. The van der Waals surface area contributed by atoms with Gasteiger partial charge in [0.05, 0.1) is 23.2 Å². The number of rotatable bonds is 8. The molecule has 1 aromatic heterocycles. The molecule has 3 rings (SSSR count). The van der Waals surface area contributed by atoms with Gasteiger partial charge in [0.1, 0.15) is 5.75 Å². The lowest BCUT2D eigenvalue weighted by Crippen LogP contribution is -2.18. The Labute approximate surface area is 174 Å². The summed E-state index contributed by atoms with van der Waals surface area (Å²) in [4.78, 5) is 17.9. The molecule has 2 aromatic carbocycles. The highest BCUT2D eigenvalue weighted by Gasteiger charge is 2.09. The van der Waals surface area contributed by atoms with Crippen LogP contribution in [0.1, 0.15) is 25.0 Å². The fraction of sp³-hybridized carbons (Fsp3) is 0.364. The predicted octanol–water partition coefficient (Wildman–Crippen LogP) is 4.70. The van der Waals surface area contributed by atoms with Crippen LogP contribution in [0.25, 0.3) is 10.2 Å². The Balaban J connectivity index is 1.89. The van der Waals surface area contributed by atoms with Crippen molar-refractivity contribution in [3.05, 3.63) is 58.4 Å². The van der Waals surface area contributed by atoms with Gasteiger partial charge in [0.2, 0.25) is 0 Å². The van der Waals surface area contributed by atoms with E-state index in [0.717, 1.165) is 40.3 Å². The summed E-state index contributed by atoms with van der Waals surface area (Å²) in [6.45, 7) is 5.59. The van der Waals surface area contributed by atoms with E-state index in [9.17, 15) is 4.79 Å². The van der Waals surface area contributed by atoms with Crippen LogP contribution < -0.4 is 9.54 Å². The molecule has 6 heteroatoms. The minimum atomic E-state index is -0.121. The summed E-state index contributed by atoms with van der Waals surface area (Å²) < 4.78 is 8.82. The average molecular weight is 415 g/mol. The molecule has 4 nitrogen and oxygen atoms in total. The normalized spacial score (nSPS) is 11.9. The second kappa shape index (κ2) is 9.94. The fourth-order valence-corrected chi connectivity index (χ4v) is 4.51. The molecule has 0 radical (unpaired) electrons. The molecule has 0 saturated heterocycles. The van der Waals surface area contributed by atoms with E-state index in [1.807, 2.05) is 31.2 Å². The Morgan fingerprint density at radius 1 is 1.14 bits per heavy atom. The Hall–Kier alpha value is -2.05. The number of aryl methyl sites for hydroxylation is 2. The number of amides is 1. The largest absolute Gasteiger partial charge is 0.494 e. The van der Waals surface area contributed by atoms with Gasteiger partial charge in [0, 0.05) is 12.3 Å². The van der Waals surface area contributed by atoms with Crippen LogP contribution in [-0.4, -0.2) is 29.1 Å². The Bertz CT molecular complexity index is 1000. The summed E-state index contributed by atoms with van der Waals surface area (Å²) >= 11 is 3.39. The third kappa shape index (κ3) is 5.06. The van der Waals surface area contributed by atoms with Gasteiger partial charge in [-0.15, -0.1) is 0 Å². The molecule has 0 atom stereocenters. The van der Waals surface area contributed by atoms with Crippen molar-refractivity contribution < 1.29 is 9.53 Å². The van der Waals surface area contributed by atoms with Gasteiger partial charge >= 0.3 is 0 Å². The minimum absolute atomic E-state index is 0.121. The number of benzene rings is 2. The molecular weight excluding hydrogens is 388 g/mol. The minimum Gasteiger partial charge on any atom is -0.494 e. The zero-order valence-corrected chi connectivity index (χ0v) is 18.2. The van der Waals surface area contributed by atoms with Crippen LogP contribution in [0.5, 0.6) is 5.75 Å². The molecule has 28 heavy (non-hydrogen) atoms. The molecule has 0 fully saturated rings. The van der Waals surface area contributed by atoms with E-state index >= 15 is 0 Å². The van der Waals surface area contributed by atoms with Crippen LogP contribution in [0.4, 0.5) is 0 Å². The van der Waals surface area contributed by atoms with Gasteiger partial charge in [-0.05, 0) is 55.0 Å². The molecule has 3 aromatic rings. The third-order valence-electron chi connectivity index (χ3n) is 4.48. The second-order valence-electron chi connectivity index (χ2n) is 6.44. The van der Waals surface area contributed by atoms with Crippen LogP contribution >= 0.6 is 23.1 Å². The lowest BCUT2D eigenvalue weighted by molar-refractivity contribution is -0.117. The van der Waals surface area contributed by atoms with E-state index in [1.165, 1.54) is 10.3 Å². The summed E-state index contributed by atoms with van der Waals surface area (Å²) in [5.41, 5.74) is 3.41. The fourth-order valence-electron chi connectivity index (χ4n) is 3.01. The van der Waals surface area contributed by atoms with Crippen LogP contribution in [0.2, 0.25) is 0 Å². The van der Waals surface area contributed by atoms with E-state index in [-0.39, 0.29) is 5.91 Å². The van der Waals surface area contributed by atoms with Crippen LogP contribution in [0.3, 0.4) is 0 Å². The van der Waals surface area contributed by atoms with Crippen molar-refractivity contribution in [3.63, 3.8) is 0 Å². The topological polar surface area (TPSA) is 43.6 Å². The number of ether oxygens (including phenoxy) is 1. The number of hydrogen-bond acceptors (Lipinski definition) is 4. The molecule has 1 heterocycles. The van der Waals surface area contributed by atoms with E-state index in [2.05, 4.69) is 40.9 Å². The number of carbonyl (C=O) groups is 1. The SMILES string of the molecule is CCOc1ccc(CC(=O)N=c2sc3cc(CC)ccc3n2CCSC)cc1. The first-order valence-electron chi connectivity index (χ1n) is 9.55. The van der Waals surface area contributed by atoms with Crippen LogP contribution in [0.15, 0.2) is 47.5 Å². The summed E-state index contributed by atoms with van der Waals surface area (Å²) in [7, 11) is 0. The van der Waals surface area contributed by atoms with Crippen molar-refractivity contribution in [3.8, 4) is 5.75 Å². The highest BCUT2D eigenvalue weighted by atomic mass is 32.2. The first-order chi connectivity index (χ1) is 13.6. The van der Waals surface area contributed by atoms with E-state index in [0.29, 0.717) is 13.0 Å². The number of thioether (sulfide) groups is 1. The molecule has 148 valence electrons. The molecule has 1 amide bonds. The van der Waals surface area contributed by atoms with E-state index in [4.69, 9.17) is 4.74 Å². The molecule has 0 bridgehead atoms. The Morgan fingerprint density at radius 3 is 2.57 bits per heavy atom. The lowest BCUT2D eigenvalue weighted by Gasteiger charge is -2.05. The van der Waals surface area contributed by atoms with Gasteiger partial charge in [-0.1, -0.05) is 36.5 Å². The van der Waals surface area contributed by atoms with Gasteiger partial charge < -0.3 is 9.30 Å². The smallest absolute Gasteiger partial charge is 0.252 e. The molecule has 0 unspecified atom stereocenters. The molecule has 0 saturated carbocycles. The summed E-state index contributed by atoms with van der Waals surface area (Å²) in [6.07, 6.45) is 3.39. The molecule has 0 aliphatic heterocycles. The number of fused-ring (bicyclic) bond motifs is 1. The van der Waals surface area contributed by atoms with Gasteiger partial charge in [0.25, 0.3) is 5.91 Å².